The molecule has 5 aromatic rings. The van der Waals surface area contributed by atoms with E-state index in [1.807, 2.05) is 48.5 Å². The molecular weight excluding hydrogens is 418 g/mol. The normalized spacial score (nSPS) is 11.0. The topological polar surface area (TPSA) is 78.6 Å². The van der Waals surface area contributed by atoms with Crippen LogP contribution in [0.15, 0.2) is 71.4 Å². The molecule has 0 atom stereocenters. The van der Waals surface area contributed by atoms with Crippen LogP contribution in [-0.4, -0.2) is 31.3 Å². The molecule has 7 nitrogen and oxygen atoms in total. The largest absolute Gasteiger partial charge is 0.493 e. The van der Waals surface area contributed by atoms with Gasteiger partial charge in [0.2, 0.25) is 5.75 Å². The Morgan fingerprint density at radius 2 is 1.58 bits per heavy atom. The van der Waals surface area contributed by atoms with Gasteiger partial charge in [0.1, 0.15) is 23.3 Å². The third-order valence-corrected chi connectivity index (χ3v) is 5.54. The second-order valence-electron chi connectivity index (χ2n) is 7.45. The number of benzene rings is 3. The third kappa shape index (κ3) is 3.78. The minimum Gasteiger partial charge on any atom is -0.493 e. The van der Waals surface area contributed by atoms with E-state index in [0.717, 1.165) is 38.8 Å². The first-order valence-corrected chi connectivity index (χ1v) is 10.5. The molecule has 0 saturated heterocycles. The summed E-state index contributed by atoms with van der Waals surface area (Å²) >= 11 is 0. The van der Waals surface area contributed by atoms with E-state index in [-0.39, 0.29) is 0 Å². The van der Waals surface area contributed by atoms with Crippen molar-refractivity contribution >= 4 is 27.8 Å². The minimum absolute atomic E-state index is 0.520. The van der Waals surface area contributed by atoms with Crippen molar-refractivity contribution in [2.45, 2.75) is 6.54 Å². The molecule has 1 N–H and O–H groups in total. The molecule has 3 aromatic carbocycles. The highest BCUT2D eigenvalue weighted by Crippen LogP contribution is 2.39. The maximum Gasteiger partial charge on any atom is 0.203 e. The standard InChI is InChI=1S/C26H23N3O4/c1-30-22-11-16(12-23(31-2)26(22)32-3)14-27-24-13-19(28-15-29-24)17-8-6-10-21-25(17)18-7-4-5-9-20(18)33-21/h4-13,15H,14H2,1-3H3,(H,27,28,29). The predicted octanol–water partition coefficient (Wildman–Crippen LogP) is 5.68. The Morgan fingerprint density at radius 1 is 0.818 bits per heavy atom. The number of furan rings is 1. The van der Waals surface area contributed by atoms with Crippen LogP contribution in [0, 0.1) is 0 Å². The summed E-state index contributed by atoms with van der Waals surface area (Å²) in [4.78, 5) is 8.93. The summed E-state index contributed by atoms with van der Waals surface area (Å²) in [6.45, 7) is 0.520. The summed E-state index contributed by atoms with van der Waals surface area (Å²) < 4.78 is 22.3. The van der Waals surface area contributed by atoms with E-state index in [1.54, 1.807) is 27.7 Å². The van der Waals surface area contributed by atoms with Crippen molar-refractivity contribution in [3.8, 4) is 28.5 Å². The Kier molecular flexibility index (Phi) is 5.44. The molecule has 7 heteroatoms. The van der Waals surface area contributed by atoms with Crippen LogP contribution < -0.4 is 19.5 Å². The maximum absolute atomic E-state index is 6.02. The molecule has 33 heavy (non-hydrogen) atoms. The van der Waals surface area contributed by atoms with E-state index in [9.17, 15) is 0 Å². The van der Waals surface area contributed by atoms with Gasteiger partial charge in [-0.1, -0.05) is 30.3 Å². The molecule has 0 amide bonds. The Balaban J connectivity index is 1.47. The van der Waals surface area contributed by atoms with Gasteiger partial charge in [-0.25, -0.2) is 9.97 Å². The van der Waals surface area contributed by atoms with Crippen molar-refractivity contribution in [1.29, 1.82) is 0 Å². The Bertz CT molecular complexity index is 1420. The number of rotatable bonds is 7. The molecule has 0 fully saturated rings. The summed E-state index contributed by atoms with van der Waals surface area (Å²) in [7, 11) is 4.79. The zero-order chi connectivity index (χ0) is 22.8. The van der Waals surface area contributed by atoms with Crippen LogP contribution in [0.3, 0.4) is 0 Å². The van der Waals surface area contributed by atoms with Gasteiger partial charge in [0, 0.05) is 28.9 Å². The van der Waals surface area contributed by atoms with Crippen molar-refractivity contribution in [2.24, 2.45) is 0 Å². The SMILES string of the molecule is COc1cc(CNc2cc(-c3cccc4oc5ccccc5c34)ncn2)cc(OC)c1OC. The average molecular weight is 441 g/mol. The average Bonchev–Trinajstić information content (AvgIpc) is 3.25. The molecule has 0 radical (unpaired) electrons. The molecule has 166 valence electrons. The highest BCUT2D eigenvalue weighted by molar-refractivity contribution is 6.12. The van der Waals surface area contributed by atoms with Gasteiger partial charge in [-0.15, -0.1) is 0 Å². The van der Waals surface area contributed by atoms with Gasteiger partial charge >= 0.3 is 0 Å². The Morgan fingerprint density at radius 3 is 2.33 bits per heavy atom. The van der Waals surface area contributed by atoms with Gasteiger partial charge in [0.05, 0.1) is 27.0 Å². The second-order valence-corrected chi connectivity index (χ2v) is 7.45. The molecule has 2 heterocycles. The second kappa shape index (κ2) is 8.70. The number of methoxy groups -OCH3 is 3. The number of para-hydroxylation sites is 1. The van der Waals surface area contributed by atoms with E-state index in [2.05, 4.69) is 27.4 Å². The highest BCUT2D eigenvalue weighted by Gasteiger charge is 2.15. The highest BCUT2D eigenvalue weighted by atomic mass is 16.5. The number of aromatic nitrogens is 2. The van der Waals surface area contributed by atoms with Crippen LogP contribution in [0.25, 0.3) is 33.2 Å². The summed E-state index contributed by atoms with van der Waals surface area (Å²) in [6.07, 6.45) is 1.56. The third-order valence-electron chi connectivity index (χ3n) is 5.54. The monoisotopic (exact) mass is 441 g/mol. The lowest BCUT2D eigenvalue weighted by Crippen LogP contribution is -2.04. The summed E-state index contributed by atoms with van der Waals surface area (Å²) in [5.41, 5.74) is 4.46. The molecule has 0 aliphatic heterocycles. The van der Waals surface area contributed by atoms with Crippen molar-refractivity contribution in [3.05, 3.63) is 72.6 Å². The van der Waals surface area contributed by atoms with E-state index in [0.29, 0.717) is 29.6 Å². The number of ether oxygens (including phenoxy) is 3. The quantitative estimate of drug-likeness (QED) is 0.348. The first-order chi connectivity index (χ1) is 16.2. The first kappa shape index (κ1) is 20.6. The lowest BCUT2D eigenvalue weighted by atomic mass is 10.0. The lowest BCUT2D eigenvalue weighted by molar-refractivity contribution is 0.324. The van der Waals surface area contributed by atoms with E-state index in [1.165, 1.54) is 0 Å². The van der Waals surface area contributed by atoms with Gasteiger partial charge in [-0.2, -0.15) is 0 Å². The first-order valence-electron chi connectivity index (χ1n) is 10.5. The number of nitrogens with one attached hydrogen (secondary N) is 1. The maximum atomic E-state index is 6.02. The van der Waals surface area contributed by atoms with Gasteiger partial charge < -0.3 is 23.9 Å². The fourth-order valence-electron chi connectivity index (χ4n) is 4.02. The molecule has 5 rings (SSSR count). The van der Waals surface area contributed by atoms with Crippen LogP contribution in [-0.2, 0) is 6.54 Å². The van der Waals surface area contributed by atoms with Crippen molar-refractivity contribution in [3.63, 3.8) is 0 Å². The lowest BCUT2D eigenvalue weighted by Gasteiger charge is -2.14. The molecule has 0 aliphatic rings. The molecule has 0 bridgehead atoms. The van der Waals surface area contributed by atoms with Gasteiger partial charge in [0.25, 0.3) is 0 Å². The molecule has 0 unspecified atom stereocenters. The number of anilines is 1. The van der Waals surface area contributed by atoms with E-state index in [4.69, 9.17) is 18.6 Å². The van der Waals surface area contributed by atoms with Crippen molar-refractivity contribution in [2.75, 3.05) is 26.6 Å². The fraction of sp³-hybridized carbons (Fsp3) is 0.154. The molecule has 2 aromatic heterocycles. The number of hydrogen-bond donors (Lipinski definition) is 1. The van der Waals surface area contributed by atoms with Crippen LogP contribution in [0.4, 0.5) is 5.82 Å². The summed E-state index contributed by atoms with van der Waals surface area (Å²) in [5.74, 6) is 2.48. The van der Waals surface area contributed by atoms with E-state index >= 15 is 0 Å². The van der Waals surface area contributed by atoms with E-state index < -0.39 is 0 Å². The predicted molar refractivity (Wildman–Crippen MR) is 128 cm³/mol. The molecule has 0 saturated carbocycles. The zero-order valence-corrected chi connectivity index (χ0v) is 18.6. The Labute approximate surface area is 190 Å². The van der Waals surface area contributed by atoms with Crippen molar-refractivity contribution < 1.29 is 18.6 Å². The smallest absolute Gasteiger partial charge is 0.203 e. The summed E-state index contributed by atoms with van der Waals surface area (Å²) in [5, 5.41) is 5.47. The van der Waals surface area contributed by atoms with Gasteiger partial charge in [0.15, 0.2) is 11.5 Å². The van der Waals surface area contributed by atoms with Crippen molar-refractivity contribution in [1.82, 2.24) is 9.97 Å². The molecule has 0 spiro atoms. The van der Waals surface area contributed by atoms with Crippen LogP contribution >= 0.6 is 0 Å². The minimum atomic E-state index is 0.520. The number of nitrogens with zero attached hydrogens (tertiary/aromatic N) is 2. The van der Waals surface area contributed by atoms with Crippen LogP contribution in [0.5, 0.6) is 17.2 Å². The van der Waals surface area contributed by atoms with Crippen LogP contribution in [0.2, 0.25) is 0 Å². The number of fused-ring (bicyclic) bond motifs is 3. The Hall–Kier alpha value is -4.26. The molecular formula is C26H23N3O4. The fourth-order valence-corrected chi connectivity index (χ4v) is 4.02. The van der Waals surface area contributed by atoms with Gasteiger partial charge in [-0.05, 0) is 29.8 Å². The zero-order valence-electron chi connectivity index (χ0n) is 18.6. The summed E-state index contributed by atoms with van der Waals surface area (Å²) in [6, 6.07) is 19.8. The van der Waals surface area contributed by atoms with Gasteiger partial charge in [-0.3, -0.25) is 0 Å². The molecule has 0 aliphatic carbocycles. The number of hydrogen-bond acceptors (Lipinski definition) is 7. The van der Waals surface area contributed by atoms with Crippen LogP contribution in [0.1, 0.15) is 5.56 Å².